The van der Waals surface area contributed by atoms with Gasteiger partial charge in [0.2, 0.25) is 0 Å². The quantitative estimate of drug-likeness (QED) is 0.595. The molecule has 0 saturated heterocycles. The average molecular weight is 331 g/mol. The molecule has 0 fully saturated rings. The molecule has 0 radical (unpaired) electrons. The number of hydrogen-bond donors (Lipinski definition) is 2. The second kappa shape index (κ2) is 6.98. The molecule has 0 spiro atoms. The number of nitro groups is 1. The van der Waals surface area contributed by atoms with Crippen molar-refractivity contribution in [2.24, 2.45) is 0 Å². The number of nitrogens with zero attached hydrogens (tertiary/aromatic N) is 1. The van der Waals surface area contributed by atoms with Crippen LogP contribution in [0.25, 0.3) is 0 Å². The summed E-state index contributed by atoms with van der Waals surface area (Å²) in [5, 5.41) is 23.6. The number of nitro benzene ring substituents is 1. The lowest BCUT2D eigenvalue weighted by molar-refractivity contribution is -0.385. The molecular formula is C13H19BrN2O3. The van der Waals surface area contributed by atoms with Crippen LogP contribution in [-0.4, -0.2) is 22.2 Å². The first kappa shape index (κ1) is 16.1. The summed E-state index contributed by atoms with van der Waals surface area (Å²) in [6.45, 7) is 4.54. The highest BCUT2D eigenvalue weighted by Crippen LogP contribution is 2.28. The van der Waals surface area contributed by atoms with Crippen LogP contribution in [0.5, 0.6) is 0 Å². The minimum Gasteiger partial charge on any atom is -0.394 e. The van der Waals surface area contributed by atoms with Crippen LogP contribution in [0, 0.1) is 10.1 Å². The maximum atomic E-state index is 10.9. The van der Waals surface area contributed by atoms with Crippen LogP contribution in [0.15, 0.2) is 22.7 Å². The highest BCUT2D eigenvalue weighted by molar-refractivity contribution is 9.10. The van der Waals surface area contributed by atoms with Crippen LogP contribution in [-0.2, 0) is 6.54 Å². The Morgan fingerprint density at radius 1 is 1.42 bits per heavy atom. The molecule has 106 valence electrons. The van der Waals surface area contributed by atoms with Crippen molar-refractivity contribution in [3.8, 4) is 0 Å². The lowest BCUT2D eigenvalue weighted by Gasteiger charge is -2.31. The molecule has 6 heteroatoms. The molecule has 0 aliphatic rings. The van der Waals surface area contributed by atoms with Crippen molar-refractivity contribution in [2.45, 2.75) is 38.8 Å². The molecule has 5 nitrogen and oxygen atoms in total. The highest BCUT2D eigenvalue weighted by Gasteiger charge is 2.25. The summed E-state index contributed by atoms with van der Waals surface area (Å²) in [4.78, 5) is 10.4. The lowest BCUT2D eigenvalue weighted by atomic mass is 9.93. The van der Waals surface area contributed by atoms with E-state index in [1.807, 2.05) is 19.9 Å². The van der Waals surface area contributed by atoms with E-state index < -0.39 is 4.92 Å². The van der Waals surface area contributed by atoms with E-state index in [1.54, 1.807) is 6.07 Å². The molecule has 19 heavy (non-hydrogen) atoms. The zero-order valence-corrected chi connectivity index (χ0v) is 12.7. The number of hydrogen-bond acceptors (Lipinski definition) is 4. The number of benzene rings is 1. The van der Waals surface area contributed by atoms with Crippen LogP contribution in [0.3, 0.4) is 0 Å². The zero-order chi connectivity index (χ0) is 14.5. The van der Waals surface area contributed by atoms with Gasteiger partial charge in [0.1, 0.15) is 0 Å². The fourth-order valence-electron chi connectivity index (χ4n) is 1.91. The standard InChI is InChI=1S/C13H19BrN2O3/c1-3-13(4-2,9-17)15-8-10-6-5-7-11(12(10)14)16(18)19/h5-7,15,17H,3-4,8-9H2,1-2H3. The molecule has 1 aromatic rings. The number of halogens is 1. The normalized spacial score (nSPS) is 11.6. The van der Waals surface area contributed by atoms with Gasteiger partial charge in [0.15, 0.2) is 0 Å². The SMILES string of the molecule is CCC(CC)(CO)NCc1cccc([N+](=O)[O-])c1Br. The van der Waals surface area contributed by atoms with Crippen LogP contribution >= 0.6 is 15.9 Å². The van der Waals surface area contributed by atoms with Gasteiger partial charge in [0, 0.05) is 18.2 Å². The van der Waals surface area contributed by atoms with E-state index in [2.05, 4.69) is 21.2 Å². The van der Waals surface area contributed by atoms with Crippen molar-refractivity contribution < 1.29 is 10.0 Å². The first-order valence-electron chi connectivity index (χ1n) is 6.27. The molecule has 1 rings (SSSR count). The molecule has 1 aromatic carbocycles. The molecule has 2 N–H and O–H groups in total. The van der Waals surface area contributed by atoms with Gasteiger partial charge in [-0.15, -0.1) is 0 Å². The predicted octanol–water partition coefficient (Wildman–Crippen LogP) is 3.00. The smallest absolute Gasteiger partial charge is 0.283 e. The number of rotatable bonds is 7. The van der Waals surface area contributed by atoms with E-state index in [-0.39, 0.29) is 17.8 Å². The maximum Gasteiger partial charge on any atom is 0.283 e. The molecule has 0 heterocycles. The molecule has 0 saturated carbocycles. The highest BCUT2D eigenvalue weighted by atomic mass is 79.9. The van der Waals surface area contributed by atoms with Crippen molar-refractivity contribution in [3.05, 3.63) is 38.3 Å². The predicted molar refractivity (Wildman–Crippen MR) is 78.0 cm³/mol. The van der Waals surface area contributed by atoms with Crippen molar-refractivity contribution in [3.63, 3.8) is 0 Å². The second-order valence-electron chi connectivity index (χ2n) is 4.51. The summed E-state index contributed by atoms with van der Waals surface area (Å²) >= 11 is 3.27. The second-order valence-corrected chi connectivity index (χ2v) is 5.30. The fourth-order valence-corrected chi connectivity index (χ4v) is 2.46. The Hall–Kier alpha value is -0.980. The molecule has 0 atom stereocenters. The summed E-state index contributed by atoms with van der Waals surface area (Å²) in [7, 11) is 0. The van der Waals surface area contributed by atoms with E-state index in [0.29, 0.717) is 11.0 Å². The van der Waals surface area contributed by atoms with E-state index in [4.69, 9.17) is 0 Å². The van der Waals surface area contributed by atoms with E-state index in [9.17, 15) is 15.2 Å². The first-order chi connectivity index (χ1) is 8.99. The van der Waals surface area contributed by atoms with E-state index >= 15 is 0 Å². The third-order valence-electron chi connectivity index (χ3n) is 3.57. The van der Waals surface area contributed by atoms with Gasteiger partial charge in [-0.1, -0.05) is 26.0 Å². The third-order valence-corrected chi connectivity index (χ3v) is 4.48. The minimum atomic E-state index is -0.410. The van der Waals surface area contributed by atoms with Gasteiger partial charge in [0.05, 0.1) is 16.0 Å². The van der Waals surface area contributed by atoms with E-state index in [1.165, 1.54) is 6.07 Å². The van der Waals surface area contributed by atoms with Gasteiger partial charge in [0.25, 0.3) is 5.69 Å². The lowest BCUT2D eigenvalue weighted by Crippen LogP contribution is -2.47. The molecule has 0 unspecified atom stereocenters. The zero-order valence-electron chi connectivity index (χ0n) is 11.1. The topological polar surface area (TPSA) is 75.4 Å². The summed E-state index contributed by atoms with van der Waals surface area (Å²) in [5.41, 5.74) is 0.542. The molecule has 0 aromatic heterocycles. The largest absolute Gasteiger partial charge is 0.394 e. The Morgan fingerprint density at radius 3 is 2.53 bits per heavy atom. The van der Waals surface area contributed by atoms with Gasteiger partial charge in [-0.2, -0.15) is 0 Å². The molecule has 0 amide bonds. The Kier molecular flexibility index (Phi) is 5.90. The fraction of sp³-hybridized carbons (Fsp3) is 0.538. The summed E-state index contributed by atoms with van der Waals surface area (Å²) < 4.78 is 0.492. The number of nitrogens with one attached hydrogen (secondary N) is 1. The third kappa shape index (κ3) is 3.75. The molecule has 0 bridgehead atoms. The summed E-state index contributed by atoms with van der Waals surface area (Å²) in [5.74, 6) is 0. The van der Waals surface area contributed by atoms with Crippen molar-refractivity contribution in [2.75, 3.05) is 6.61 Å². The average Bonchev–Trinajstić information content (AvgIpc) is 2.42. The van der Waals surface area contributed by atoms with Gasteiger partial charge in [-0.25, -0.2) is 0 Å². The maximum absolute atomic E-state index is 10.9. The van der Waals surface area contributed by atoms with Gasteiger partial charge in [-0.05, 0) is 34.3 Å². The Morgan fingerprint density at radius 2 is 2.05 bits per heavy atom. The van der Waals surface area contributed by atoms with Gasteiger partial charge in [-0.3, -0.25) is 10.1 Å². The monoisotopic (exact) mass is 330 g/mol. The molecular weight excluding hydrogens is 312 g/mol. The van der Waals surface area contributed by atoms with Crippen LogP contribution in [0.1, 0.15) is 32.3 Å². The van der Waals surface area contributed by atoms with Gasteiger partial charge < -0.3 is 10.4 Å². The van der Waals surface area contributed by atoms with Gasteiger partial charge >= 0.3 is 0 Å². The summed E-state index contributed by atoms with van der Waals surface area (Å²) in [6.07, 6.45) is 1.60. The summed E-state index contributed by atoms with van der Waals surface area (Å²) in [6, 6.07) is 4.96. The number of aliphatic hydroxyl groups excluding tert-OH is 1. The van der Waals surface area contributed by atoms with Crippen molar-refractivity contribution >= 4 is 21.6 Å². The first-order valence-corrected chi connectivity index (χ1v) is 7.06. The Bertz CT molecular complexity index is 439. The Balaban J connectivity index is 2.89. The molecule has 0 aliphatic carbocycles. The van der Waals surface area contributed by atoms with Crippen LogP contribution in [0.2, 0.25) is 0 Å². The molecule has 0 aliphatic heterocycles. The van der Waals surface area contributed by atoms with Crippen LogP contribution in [0.4, 0.5) is 5.69 Å². The minimum absolute atomic E-state index is 0.0482. The number of aliphatic hydroxyl groups is 1. The van der Waals surface area contributed by atoms with Crippen molar-refractivity contribution in [1.82, 2.24) is 5.32 Å². The van der Waals surface area contributed by atoms with E-state index in [0.717, 1.165) is 18.4 Å². The van der Waals surface area contributed by atoms with Crippen molar-refractivity contribution in [1.29, 1.82) is 0 Å². The Labute approximate surface area is 121 Å². The van der Waals surface area contributed by atoms with Crippen LogP contribution < -0.4 is 5.32 Å².